The zero-order chi connectivity index (χ0) is 11.0. The van der Waals surface area contributed by atoms with Crippen LogP contribution in [0.1, 0.15) is 25.3 Å². The van der Waals surface area contributed by atoms with E-state index in [0.29, 0.717) is 5.92 Å². The molecule has 0 aromatic heterocycles. The molecule has 1 aliphatic heterocycles. The molecule has 1 N–H and O–H groups in total. The molecule has 0 bridgehead atoms. The monoisotopic (exact) mass is 205 g/mol. The molecule has 0 saturated carbocycles. The van der Waals surface area contributed by atoms with Crippen molar-refractivity contribution in [3.8, 4) is 5.75 Å². The number of carbonyl (C=O) groups excluding carboxylic acids is 1. The normalized spacial score (nSPS) is 18.9. The van der Waals surface area contributed by atoms with Gasteiger partial charge in [0.2, 0.25) is 5.91 Å². The number of amides is 1. The lowest BCUT2D eigenvalue weighted by Gasteiger charge is -2.12. The van der Waals surface area contributed by atoms with Gasteiger partial charge in [0.15, 0.2) is 0 Å². The fraction of sp³-hybridized carbons (Fsp3) is 0.417. The molecule has 0 spiro atoms. The molecular weight excluding hydrogens is 190 g/mol. The smallest absolute Gasteiger partial charge is 0.232 e. The maximum atomic E-state index is 11.7. The van der Waals surface area contributed by atoms with Crippen molar-refractivity contribution in [3.05, 3.63) is 23.8 Å². The first-order chi connectivity index (χ1) is 7.13. The molecule has 1 heterocycles. The lowest BCUT2D eigenvalue weighted by Crippen LogP contribution is -2.16. The average Bonchev–Trinajstić information content (AvgIpc) is 2.52. The van der Waals surface area contributed by atoms with Crippen LogP contribution in [0.15, 0.2) is 18.2 Å². The predicted octanol–water partition coefficient (Wildman–Crippen LogP) is 2.39. The quantitative estimate of drug-likeness (QED) is 0.805. The van der Waals surface area contributed by atoms with E-state index in [-0.39, 0.29) is 11.8 Å². The average molecular weight is 205 g/mol. The molecule has 1 atom stereocenters. The van der Waals surface area contributed by atoms with Gasteiger partial charge < -0.3 is 10.1 Å². The van der Waals surface area contributed by atoms with Gasteiger partial charge in [-0.3, -0.25) is 4.79 Å². The summed E-state index contributed by atoms with van der Waals surface area (Å²) in [5, 5.41) is 2.88. The van der Waals surface area contributed by atoms with Crippen LogP contribution in [0.2, 0.25) is 0 Å². The number of benzene rings is 1. The summed E-state index contributed by atoms with van der Waals surface area (Å²) >= 11 is 0. The van der Waals surface area contributed by atoms with Crippen molar-refractivity contribution in [2.45, 2.75) is 19.8 Å². The lowest BCUT2D eigenvalue weighted by molar-refractivity contribution is -0.117. The number of methoxy groups -OCH3 is 1. The van der Waals surface area contributed by atoms with Gasteiger partial charge in [-0.1, -0.05) is 19.9 Å². The molecule has 1 unspecified atom stereocenters. The van der Waals surface area contributed by atoms with Crippen LogP contribution in [0.3, 0.4) is 0 Å². The van der Waals surface area contributed by atoms with Crippen LogP contribution >= 0.6 is 0 Å². The van der Waals surface area contributed by atoms with Crippen molar-refractivity contribution in [2.24, 2.45) is 5.92 Å². The zero-order valence-corrected chi connectivity index (χ0v) is 9.20. The van der Waals surface area contributed by atoms with Crippen molar-refractivity contribution in [3.63, 3.8) is 0 Å². The Bertz CT molecular complexity index is 399. The van der Waals surface area contributed by atoms with E-state index in [0.717, 1.165) is 17.0 Å². The van der Waals surface area contributed by atoms with E-state index in [1.165, 1.54) is 0 Å². The summed E-state index contributed by atoms with van der Waals surface area (Å²) in [6.07, 6.45) is 0. The molecule has 3 nitrogen and oxygen atoms in total. The summed E-state index contributed by atoms with van der Waals surface area (Å²) in [5.74, 6) is 1.16. The Morgan fingerprint density at radius 3 is 2.73 bits per heavy atom. The maximum Gasteiger partial charge on any atom is 0.232 e. The van der Waals surface area contributed by atoms with Gasteiger partial charge in [0.1, 0.15) is 5.75 Å². The number of ether oxygens (including phenoxy) is 1. The van der Waals surface area contributed by atoms with Crippen molar-refractivity contribution in [1.29, 1.82) is 0 Å². The zero-order valence-electron chi connectivity index (χ0n) is 9.20. The van der Waals surface area contributed by atoms with Crippen LogP contribution in [0.25, 0.3) is 0 Å². The standard InChI is InChI=1S/C12H15NO2/c1-7(2)11-9-5-4-8(15-3)6-10(9)13-12(11)14/h4-7,11H,1-3H3,(H,13,14). The minimum absolute atomic E-state index is 0.0223. The van der Waals surface area contributed by atoms with Crippen LogP contribution in [0, 0.1) is 5.92 Å². The van der Waals surface area contributed by atoms with Crippen molar-refractivity contribution < 1.29 is 9.53 Å². The summed E-state index contributed by atoms with van der Waals surface area (Å²) in [6.45, 7) is 4.12. The molecule has 3 heteroatoms. The number of anilines is 1. The van der Waals surface area contributed by atoms with Crippen LogP contribution in [0.5, 0.6) is 5.75 Å². The Labute approximate surface area is 89.4 Å². The van der Waals surface area contributed by atoms with Gasteiger partial charge >= 0.3 is 0 Å². The summed E-state index contributed by atoms with van der Waals surface area (Å²) < 4.78 is 5.12. The molecular formula is C12H15NO2. The number of rotatable bonds is 2. The summed E-state index contributed by atoms with van der Waals surface area (Å²) in [7, 11) is 1.62. The predicted molar refractivity (Wildman–Crippen MR) is 59.2 cm³/mol. The fourth-order valence-corrected chi connectivity index (χ4v) is 2.06. The van der Waals surface area contributed by atoms with Gasteiger partial charge in [-0.15, -0.1) is 0 Å². The van der Waals surface area contributed by atoms with Crippen LogP contribution in [-0.2, 0) is 4.79 Å². The highest BCUT2D eigenvalue weighted by Gasteiger charge is 2.32. The summed E-state index contributed by atoms with van der Waals surface area (Å²) in [6, 6.07) is 5.74. The highest BCUT2D eigenvalue weighted by atomic mass is 16.5. The van der Waals surface area contributed by atoms with Gasteiger partial charge in [-0.05, 0) is 17.5 Å². The van der Waals surface area contributed by atoms with E-state index >= 15 is 0 Å². The number of hydrogen-bond acceptors (Lipinski definition) is 2. The lowest BCUT2D eigenvalue weighted by atomic mass is 9.90. The first kappa shape index (κ1) is 10.0. The van der Waals surface area contributed by atoms with E-state index in [4.69, 9.17) is 4.74 Å². The van der Waals surface area contributed by atoms with Crippen LogP contribution < -0.4 is 10.1 Å². The highest BCUT2D eigenvalue weighted by Crippen LogP contribution is 2.38. The number of hydrogen-bond donors (Lipinski definition) is 1. The highest BCUT2D eigenvalue weighted by molar-refractivity contribution is 6.03. The number of fused-ring (bicyclic) bond motifs is 1. The summed E-state index contributed by atoms with van der Waals surface area (Å²) in [5.41, 5.74) is 1.97. The number of carbonyl (C=O) groups is 1. The van der Waals surface area contributed by atoms with Gasteiger partial charge in [-0.2, -0.15) is 0 Å². The Kier molecular flexibility index (Phi) is 2.39. The third kappa shape index (κ3) is 1.58. The number of nitrogens with one attached hydrogen (secondary N) is 1. The second-order valence-corrected chi connectivity index (χ2v) is 4.16. The van der Waals surface area contributed by atoms with Crippen molar-refractivity contribution in [2.75, 3.05) is 12.4 Å². The molecule has 0 saturated heterocycles. The minimum Gasteiger partial charge on any atom is -0.497 e. The van der Waals surface area contributed by atoms with E-state index < -0.39 is 0 Å². The molecule has 0 fully saturated rings. The second kappa shape index (κ2) is 3.57. The van der Waals surface area contributed by atoms with E-state index in [1.54, 1.807) is 7.11 Å². The van der Waals surface area contributed by atoms with Gasteiger partial charge in [0.05, 0.1) is 13.0 Å². The SMILES string of the molecule is COc1ccc2c(c1)NC(=O)C2C(C)C. The van der Waals surface area contributed by atoms with E-state index in [1.807, 2.05) is 18.2 Å². The molecule has 0 aliphatic carbocycles. The Hall–Kier alpha value is -1.51. The molecule has 2 rings (SSSR count). The Balaban J connectivity index is 2.43. The molecule has 1 aliphatic rings. The maximum absolute atomic E-state index is 11.7. The summed E-state index contributed by atoms with van der Waals surface area (Å²) in [4.78, 5) is 11.7. The molecule has 80 valence electrons. The second-order valence-electron chi connectivity index (χ2n) is 4.16. The van der Waals surface area contributed by atoms with E-state index in [2.05, 4.69) is 19.2 Å². The third-order valence-corrected chi connectivity index (χ3v) is 2.80. The molecule has 1 aromatic rings. The van der Waals surface area contributed by atoms with Crippen molar-refractivity contribution >= 4 is 11.6 Å². The Morgan fingerprint density at radius 1 is 1.40 bits per heavy atom. The molecule has 0 radical (unpaired) electrons. The Morgan fingerprint density at radius 2 is 2.13 bits per heavy atom. The topological polar surface area (TPSA) is 38.3 Å². The molecule has 1 amide bonds. The largest absolute Gasteiger partial charge is 0.497 e. The van der Waals surface area contributed by atoms with Crippen molar-refractivity contribution in [1.82, 2.24) is 0 Å². The van der Waals surface area contributed by atoms with Crippen LogP contribution in [0.4, 0.5) is 5.69 Å². The van der Waals surface area contributed by atoms with E-state index in [9.17, 15) is 4.79 Å². The first-order valence-corrected chi connectivity index (χ1v) is 5.12. The first-order valence-electron chi connectivity index (χ1n) is 5.12. The minimum atomic E-state index is -0.0223. The van der Waals surface area contributed by atoms with Gasteiger partial charge in [0.25, 0.3) is 0 Å². The van der Waals surface area contributed by atoms with Gasteiger partial charge in [0, 0.05) is 11.8 Å². The molecule has 1 aromatic carbocycles. The molecule has 15 heavy (non-hydrogen) atoms. The fourth-order valence-electron chi connectivity index (χ4n) is 2.06. The van der Waals surface area contributed by atoms with Crippen LogP contribution in [-0.4, -0.2) is 13.0 Å². The third-order valence-electron chi connectivity index (χ3n) is 2.80. The van der Waals surface area contributed by atoms with Gasteiger partial charge in [-0.25, -0.2) is 0 Å².